The minimum atomic E-state index is -0.542. The molecule has 2 amide bonds. The molecule has 0 aromatic heterocycles. The summed E-state index contributed by atoms with van der Waals surface area (Å²) in [5.74, 6) is -0.226. The van der Waals surface area contributed by atoms with Crippen LogP contribution in [-0.4, -0.2) is 54.3 Å². The highest BCUT2D eigenvalue weighted by Crippen LogP contribution is 2.36. The van der Waals surface area contributed by atoms with Crippen molar-refractivity contribution in [1.29, 1.82) is 0 Å². The lowest BCUT2D eigenvalue weighted by atomic mass is 9.81. The van der Waals surface area contributed by atoms with E-state index in [4.69, 9.17) is 0 Å². The van der Waals surface area contributed by atoms with E-state index in [1.807, 2.05) is 30.3 Å². The van der Waals surface area contributed by atoms with Crippen LogP contribution in [0, 0.1) is 12.8 Å². The Labute approximate surface area is 172 Å². The highest BCUT2D eigenvalue weighted by atomic mass is 16.2. The SMILES string of the molecule is Cc1ccccc1CN1C[C@H](C(=O)N(C)C)[C@]2(CCc3ccccc3C(=O)N2)C1. The lowest BCUT2D eigenvalue weighted by molar-refractivity contribution is -0.134. The lowest BCUT2D eigenvalue weighted by Gasteiger charge is -2.35. The number of fused-ring (bicyclic) bond motifs is 1. The highest BCUT2D eigenvalue weighted by molar-refractivity contribution is 5.97. The van der Waals surface area contributed by atoms with Gasteiger partial charge in [0.05, 0.1) is 11.5 Å². The average molecular weight is 392 g/mol. The molecule has 1 spiro atoms. The maximum atomic E-state index is 13.1. The fourth-order valence-corrected chi connectivity index (χ4v) is 4.84. The molecule has 2 aromatic carbocycles. The standard InChI is InChI=1S/C24H29N3O2/c1-17-8-4-5-10-19(17)14-27-15-21(23(29)26(2)3)24(16-27)13-12-18-9-6-7-11-20(18)22(28)25-24/h4-11,21H,12-16H2,1-3H3,(H,25,28)/t21-,24+/m1/s1. The van der Waals surface area contributed by atoms with Gasteiger partial charge in [0.2, 0.25) is 5.91 Å². The van der Waals surface area contributed by atoms with Crippen molar-refractivity contribution in [2.24, 2.45) is 5.92 Å². The second-order valence-electron chi connectivity index (χ2n) is 8.65. The van der Waals surface area contributed by atoms with Gasteiger partial charge in [0.15, 0.2) is 0 Å². The van der Waals surface area contributed by atoms with Gasteiger partial charge in [0, 0.05) is 39.3 Å². The number of benzene rings is 2. The Bertz CT molecular complexity index is 939. The van der Waals surface area contributed by atoms with E-state index in [1.165, 1.54) is 11.1 Å². The average Bonchev–Trinajstić information content (AvgIpc) is 2.97. The molecule has 2 aliphatic rings. The summed E-state index contributed by atoms with van der Waals surface area (Å²) in [5.41, 5.74) is 3.78. The molecule has 2 aromatic rings. The molecule has 1 fully saturated rings. The maximum Gasteiger partial charge on any atom is 0.252 e. The van der Waals surface area contributed by atoms with E-state index in [0.29, 0.717) is 13.1 Å². The Morgan fingerprint density at radius 2 is 1.90 bits per heavy atom. The summed E-state index contributed by atoms with van der Waals surface area (Å²) in [5, 5.41) is 3.30. The zero-order chi connectivity index (χ0) is 20.6. The number of hydrogen-bond donors (Lipinski definition) is 1. The van der Waals surface area contributed by atoms with Crippen molar-refractivity contribution in [1.82, 2.24) is 15.1 Å². The summed E-state index contributed by atoms with van der Waals surface area (Å²) in [6.45, 7) is 4.25. The molecule has 29 heavy (non-hydrogen) atoms. The van der Waals surface area contributed by atoms with Gasteiger partial charge in [-0.1, -0.05) is 42.5 Å². The zero-order valence-corrected chi connectivity index (χ0v) is 17.4. The molecule has 2 heterocycles. The Morgan fingerprint density at radius 3 is 2.66 bits per heavy atom. The summed E-state index contributed by atoms with van der Waals surface area (Å²) in [7, 11) is 3.60. The van der Waals surface area contributed by atoms with Gasteiger partial charge in [-0.2, -0.15) is 0 Å². The second kappa shape index (κ2) is 7.64. The highest BCUT2D eigenvalue weighted by Gasteiger charge is 2.52. The molecule has 5 heteroatoms. The van der Waals surface area contributed by atoms with E-state index in [-0.39, 0.29) is 17.7 Å². The normalized spacial score (nSPS) is 24.1. The molecule has 0 bridgehead atoms. The molecule has 152 valence electrons. The minimum absolute atomic E-state index is 0.0626. The fourth-order valence-electron chi connectivity index (χ4n) is 4.84. The van der Waals surface area contributed by atoms with Crippen molar-refractivity contribution in [3.05, 3.63) is 70.8 Å². The number of likely N-dealkylation sites (tertiary alicyclic amines) is 1. The number of nitrogens with one attached hydrogen (secondary N) is 1. The van der Waals surface area contributed by atoms with Gasteiger partial charge in [-0.25, -0.2) is 0 Å². The van der Waals surface area contributed by atoms with Crippen LogP contribution in [0.15, 0.2) is 48.5 Å². The van der Waals surface area contributed by atoms with Crippen LogP contribution in [0.2, 0.25) is 0 Å². The predicted molar refractivity (Wildman–Crippen MR) is 114 cm³/mol. The van der Waals surface area contributed by atoms with Gasteiger partial charge in [-0.15, -0.1) is 0 Å². The third kappa shape index (κ3) is 3.67. The smallest absolute Gasteiger partial charge is 0.252 e. The van der Waals surface area contributed by atoms with E-state index in [2.05, 4.69) is 35.3 Å². The zero-order valence-electron chi connectivity index (χ0n) is 17.4. The molecule has 0 radical (unpaired) electrons. The van der Waals surface area contributed by atoms with Crippen LogP contribution in [0.1, 0.15) is 33.5 Å². The molecule has 0 saturated carbocycles. The third-order valence-corrected chi connectivity index (χ3v) is 6.47. The van der Waals surface area contributed by atoms with Crippen molar-refractivity contribution in [2.45, 2.75) is 31.8 Å². The topological polar surface area (TPSA) is 52.7 Å². The Morgan fingerprint density at radius 1 is 1.17 bits per heavy atom. The van der Waals surface area contributed by atoms with Gasteiger partial charge in [-0.3, -0.25) is 14.5 Å². The van der Waals surface area contributed by atoms with E-state index in [1.54, 1.807) is 19.0 Å². The molecule has 1 saturated heterocycles. The van der Waals surface area contributed by atoms with Crippen LogP contribution in [0.25, 0.3) is 0 Å². The van der Waals surface area contributed by atoms with Crippen LogP contribution >= 0.6 is 0 Å². The number of hydrogen-bond acceptors (Lipinski definition) is 3. The van der Waals surface area contributed by atoms with Crippen molar-refractivity contribution >= 4 is 11.8 Å². The van der Waals surface area contributed by atoms with E-state index >= 15 is 0 Å². The third-order valence-electron chi connectivity index (χ3n) is 6.47. The van der Waals surface area contributed by atoms with Gasteiger partial charge in [0.1, 0.15) is 0 Å². The summed E-state index contributed by atoms with van der Waals surface area (Å²) < 4.78 is 0. The largest absolute Gasteiger partial charge is 0.348 e. The molecule has 4 rings (SSSR count). The molecule has 0 unspecified atom stereocenters. The molecular weight excluding hydrogens is 362 g/mol. The fraction of sp³-hybridized carbons (Fsp3) is 0.417. The first-order valence-electron chi connectivity index (χ1n) is 10.3. The van der Waals surface area contributed by atoms with Gasteiger partial charge in [0.25, 0.3) is 5.91 Å². The monoisotopic (exact) mass is 391 g/mol. The van der Waals surface area contributed by atoms with Crippen LogP contribution in [0.5, 0.6) is 0 Å². The van der Waals surface area contributed by atoms with Gasteiger partial charge < -0.3 is 10.2 Å². The second-order valence-corrected chi connectivity index (χ2v) is 8.65. The van der Waals surface area contributed by atoms with Crippen LogP contribution in [0.4, 0.5) is 0 Å². The van der Waals surface area contributed by atoms with Crippen molar-refractivity contribution in [2.75, 3.05) is 27.2 Å². The van der Waals surface area contributed by atoms with Gasteiger partial charge in [-0.05, 0) is 42.5 Å². The summed E-state index contributed by atoms with van der Waals surface area (Å²) >= 11 is 0. The number of carbonyl (C=O) groups is 2. The van der Waals surface area contributed by atoms with Crippen LogP contribution < -0.4 is 5.32 Å². The van der Waals surface area contributed by atoms with E-state index in [0.717, 1.165) is 30.5 Å². The lowest BCUT2D eigenvalue weighted by Crippen LogP contribution is -2.57. The Kier molecular flexibility index (Phi) is 5.17. The molecule has 2 aliphatic heterocycles. The van der Waals surface area contributed by atoms with Crippen LogP contribution in [-0.2, 0) is 17.8 Å². The maximum absolute atomic E-state index is 13.1. The van der Waals surface area contributed by atoms with Crippen molar-refractivity contribution in [3.63, 3.8) is 0 Å². The number of amides is 2. The Balaban J connectivity index is 1.65. The first-order chi connectivity index (χ1) is 13.9. The first-order valence-corrected chi connectivity index (χ1v) is 10.3. The molecular formula is C24H29N3O2. The quantitative estimate of drug-likeness (QED) is 0.875. The van der Waals surface area contributed by atoms with Crippen molar-refractivity contribution < 1.29 is 9.59 Å². The Hall–Kier alpha value is -2.66. The first kappa shape index (κ1) is 19.6. The van der Waals surface area contributed by atoms with Crippen LogP contribution in [0.3, 0.4) is 0 Å². The number of aryl methyl sites for hydroxylation is 2. The summed E-state index contributed by atoms with van der Waals surface area (Å²) in [6.07, 6.45) is 1.56. The number of rotatable bonds is 3. The summed E-state index contributed by atoms with van der Waals surface area (Å²) in [4.78, 5) is 30.2. The molecule has 2 atom stereocenters. The van der Waals surface area contributed by atoms with Crippen molar-refractivity contribution in [3.8, 4) is 0 Å². The minimum Gasteiger partial charge on any atom is -0.348 e. The van der Waals surface area contributed by atoms with E-state index in [9.17, 15) is 9.59 Å². The van der Waals surface area contributed by atoms with Gasteiger partial charge >= 0.3 is 0 Å². The number of nitrogens with zero attached hydrogens (tertiary/aromatic N) is 2. The summed E-state index contributed by atoms with van der Waals surface area (Å²) in [6, 6.07) is 16.2. The molecule has 1 N–H and O–H groups in total. The van der Waals surface area contributed by atoms with E-state index < -0.39 is 5.54 Å². The predicted octanol–water partition coefficient (Wildman–Crippen LogP) is 2.63. The number of carbonyl (C=O) groups excluding carboxylic acids is 2. The molecule has 0 aliphatic carbocycles. The molecule has 5 nitrogen and oxygen atoms in total.